The van der Waals surface area contributed by atoms with Crippen LogP contribution in [0.1, 0.15) is 57.1 Å². The first-order chi connectivity index (χ1) is 11.6. The molecule has 1 saturated heterocycles. The monoisotopic (exact) mass is 332 g/mol. The highest BCUT2D eigenvalue weighted by atomic mass is 16.5. The highest BCUT2D eigenvalue weighted by Gasteiger charge is 2.40. The van der Waals surface area contributed by atoms with Gasteiger partial charge in [0.25, 0.3) is 0 Å². The van der Waals surface area contributed by atoms with Crippen LogP contribution in [0.25, 0.3) is 0 Å². The van der Waals surface area contributed by atoms with Gasteiger partial charge in [0.2, 0.25) is 0 Å². The van der Waals surface area contributed by atoms with Crippen LogP contribution in [-0.4, -0.2) is 31.4 Å². The van der Waals surface area contributed by atoms with E-state index in [0.29, 0.717) is 0 Å². The number of hydrogen-bond donors (Lipinski definition) is 2. The molecule has 1 saturated carbocycles. The molecule has 2 fully saturated rings. The maximum absolute atomic E-state index is 12.4. The second kappa shape index (κ2) is 7.43. The van der Waals surface area contributed by atoms with E-state index in [1.807, 2.05) is 31.2 Å². The van der Waals surface area contributed by atoms with Crippen LogP contribution in [0, 0.1) is 0 Å². The second-order valence-electron chi connectivity index (χ2n) is 7.01. The van der Waals surface area contributed by atoms with Gasteiger partial charge in [-0.1, -0.05) is 31.0 Å². The van der Waals surface area contributed by atoms with Crippen LogP contribution in [0.3, 0.4) is 0 Å². The fourth-order valence-corrected chi connectivity index (χ4v) is 4.04. The average molecular weight is 332 g/mol. The van der Waals surface area contributed by atoms with Crippen LogP contribution in [0.5, 0.6) is 5.75 Å². The predicted molar refractivity (Wildman–Crippen MR) is 93.2 cm³/mol. The van der Waals surface area contributed by atoms with Gasteiger partial charge < -0.3 is 20.1 Å². The number of nitrogens with one attached hydrogen (secondary N) is 2. The van der Waals surface area contributed by atoms with Gasteiger partial charge in [0.15, 0.2) is 0 Å². The molecule has 2 aliphatic rings. The van der Waals surface area contributed by atoms with Gasteiger partial charge in [-0.2, -0.15) is 0 Å². The summed E-state index contributed by atoms with van der Waals surface area (Å²) in [5, 5.41) is 6.16. The zero-order valence-electron chi connectivity index (χ0n) is 14.6. The summed E-state index contributed by atoms with van der Waals surface area (Å²) in [5.41, 5.74) is 0.999. The zero-order valence-corrected chi connectivity index (χ0v) is 14.6. The number of hydrogen-bond acceptors (Lipinski definition) is 3. The molecule has 1 aromatic carbocycles. The molecule has 1 aromatic rings. The smallest absolute Gasteiger partial charge is 0.315 e. The summed E-state index contributed by atoms with van der Waals surface area (Å²) >= 11 is 0. The molecular formula is C19H28N2O3. The molecule has 0 aromatic heterocycles. The Morgan fingerprint density at radius 2 is 2.08 bits per heavy atom. The lowest BCUT2D eigenvalue weighted by Crippen LogP contribution is -2.50. The first kappa shape index (κ1) is 17.1. The molecule has 1 aliphatic heterocycles. The number of methoxy groups -OCH3 is 1. The molecule has 2 atom stereocenters. The standard InChI is InChI=1S/C19H28N2O3/c1-14(16-7-3-4-8-17(16)23-2)20-18(22)21-15-9-12-24-19(13-15)10-5-6-11-19/h3-4,7-8,14-15H,5-6,9-13H2,1-2H3,(H2,20,21,22)/t14-,15-/m0/s1. The van der Waals surface area contributed by atoms with Gasteiger partial charge in [0.05, 0.1) is 18.8 Å². The van der Waals surface area contributed by atoms with E-state index in [4.69, 9.17) is 9.47 Å². The van der Waals surface area contributed by atoms with Gasteiger partial charge in [-0.3, -0.25) is 0 Å². The van der Waals surface area contributed by atoms with Gasteiger partial charge in [-0.25, -0.2) is 4.79 Å². The van der Waals surface area contributed by atoms with Crippen LogP contribution in [-0.2, 0) is 4.74 Å². The van der Waals surface area contributed by atoms with E-state index >= 15 is 0 Å². The van der Waals surface area contributed by atoms with Crippen molar-refractivity contribution in [2.45, 2.75) is 63.1 Å². The van der Waals surface area contributed by atoms with Crippen molar-refractivity contribution < 1.29 is 14.3 Å². The molecule has 0 unspecified atom stereocenters. The van der Waals surface area contributed by atoms with E-state index in [-0.39, 0.29) is 23.7 Å². The Morgan fingerprint density at radius 1 is 1.33 bits per heavy atom. The van der Waals surface area contributed by atoms with Crippen LogP contribution in [0.2, 0.25) is 0 Å². The molecule has 24 heavy (non-hydrogen) atoms. The van der Waals surface area contributed by atoms with Crippen molar-refractivity contribution in [1.29, 1.82) is 0 Å². The average Bonchev–Trinajstić information content (AvgIpc) is 3.02. The third-order valence-electron chi connectivity index (χ3n) is 5.30. The van der Waals surface area contributed by atoms with Crippen LogP contribution in [0.4, 0.5) is 4.79 Å². The van der Waals surface area contributed by atoms with E-state index in [2.05, 4.69) is 10.6 Å². The summed E-state index contributed by atoms with van der Waals surface area (Å²) in [6.45, 7) is 2.72. The molecule has 2 amide bonds. The largest absolute Gasteiger partial charge is 0.496 e. The van der Waals surface area contributed by atoms with Gasteiger partial charge in [0.1, 0.15) is 5.75 Å². The fourth-order valence-electron chi connectivity index (χ4n) is 4.04. The summed E-state index contributed by atoms with van der Waals surface area (Å²) in [7, 11) is 1.65. The molecule has 3 rings (SSSR count). The Hall–Kier alpha value is -1.75. The van der Waals surface area contributed by atoms with Crippen LogP contribution >= 0.6 is 0 Å². The fraction of sp³-hybridized carbons (Fsp3) is 0.632. The normalized spacial score (nSPS) is 23.7. The van der Waals surface area contributed by atoms with Crippen molar-refractivity contribution in [2.24, 2.45) is 0 Å². The molecule has 0 radical (unpaired) electrons. The third kappa shape index (κ3) is 3.83. The lowest BCUT2D eigenvalue weighted by atomic mass is 9.89. The van der Waals surface area contributed by atoms with E-state index in [1.165, 1.54) is 12.8 Å². The number of carbonyl (C=O) groups is 1. The van der Waals surface area contributed by atoms with Gasteiger partial charge in [-0.15, -0.1) is 0 Å². The zero-order chi connectivity index (χ0) is 17.0. The molecule has 1 aliphatic carbocycles. The van der Waals surface area contributed by atoms with Crippen molar-refractivity contribution in [3.8, 4) is 5.75 Å². The van der Waals surface area contributed by atoms with E-state index in [9.17, 15) is 4.79 Å². The van der Waals surface area contributed by atoms with Crippen molar-refractivity contribution >= 4 is 6.03 Å². The molecule has 5 nitrogen and oxygen atoms in total. The minimum atomic E-state index is -0.117. The first-order valence-electron chi connectivity index (χ1n) is 8.96. The molecule has 5 heteroatoms. The molecule has 1 heterocycles. The lowest BCUT2D eigenvalue weighted by molar-refractivity contribution is -0.0820. The quantitative estimate of drug-likeness (QED) is 0.886. The predicted octanol–water partition coefficient (Wildman–Crippen LogP) is 3.55. The number of benzene rings is 1. The number of amides is 2. The van der Waals surface area contributed by atoms with Crippen molar-refractivity contribution in [3.63, 3.8) is 0 Å². The summed E-state index contributed by atoms with van der Waals surface area (Å²) in [5.74, 6) is 0.793. The maximum Gasteiger partial charge on any atom is 0.315 e. The Balaban J connectivity index is 1.55. The Morgan fingerprint density at radius 3 is 2.83 bits per heavy atom. The number of carbonyl (C=O) groups excluding carboxylic acids is 1. The van der Waals surface area contributed by atoms with Gasteiger partial charge in [0, 0.05) is 18.2 Å². The highest BCUT2D eigenvalue weighted by Crippen LogP contribution is 2.39. The van der Waals surface area contributed by atoms with E-state index < -0.39 is 0 Å². The minimum Gasteiger partial charge on any atom is -0.496 e. The Bertz CT molecular complexity index is 569. The highest BCUT2D eigenvalue weighted by molar-refractivity contribution is 5.75. The summed E-state index contributed by atoms with van der Waals surface area (Å²) in [6, 6.07) is 7.74. The number of para-hydroxylation sites is 1. The number of rotatable bonds is 4. The van der Waals surface area contributed by atoms with E-state index in [0.717, 1.165) is 43.6 Å². The van der Waals surface area contributed by atoms with E-state index in [1.54, 1.807) is 7.11 Å². The third-order valence-corrected chi connectivity index (χ3v) is 5.30. The topological polar surface area (TPSA) is 59.6 Å². The first-order valence-corrected chi connectivity index (χ1v) is 8.96. The summed E-state index contributed by atoms with van der Waals surface area (Å²) < 4.78 is 11.4. The lowest BCUT2D eigenvalue weighted by Gasteiger charge is -2.38. The van der Waals surface area contributed by atoms with Crippen molar-refractivity contribution in [2.75, 3.05) is 13.7 Å². The molecule has 1 spiro atoms. The second-order valence-corrected chi connectivity index (χ2v) is 7.01. The van der Waals surface area contributed by atoms with Crippen LogP contribution < -0.4 is 15.4 Å². The molecular weight excluding hydrogens is 304 g/mol. The van der Waals surface area contributed by atoms with Gasteiger partial charge in [-0.05, 0) is 38.7 Å². The number of ether oxygens (including phenoxy) is 2. The molecule has 0 bridgehead atoms. The van der Waals surface area contributed by atoms with Crippen molar-refractivity contribution in [1.82, 2.24) is 10.6 Å². The van der Waals surface area contributed by atoms with Gasteiger partial charge >= 0.3 is 6.03 Å². The van der Waals surface area contributed by atoms with Crippen LogP contribution in [0.15, 0.2) is 24.3 Å². The summed E-state index contributed by atoms with van der Waals surface area (Å²) in [6.07, 6.45) is 6.56. The number of urea groups is 1. The summed E-state index contributed by atoms with van der Waals surface area (Å²) in [4.78, 5) is 12.4. The minimum absolute atomic E-state index is 0.0183. The maximum atomic E-state index is 12.4. The SMILES string of the molecule is COc1ccccc1[C@H](C)NC(=O)N[C@H]1CCOC2(CCCC2)C1. The molecule has 2 N–H and O–H groups in total. The Kier molecular flexibility index (Phi) is 5.29. The molecule has 132 valence electrons. The van der Waals surface area contributed by atoms with Crippen molar-refractivity contribution in [3.05, 3.63) is 29.8 Å². The Labute approximate surface area is 144 Å².